The van der Waals surface area contributed by atoms with Crippen LogP contribution in [0.5, 0.6) is 0 Å². The Morgan fingerprint density at radius 1 is 1.56 bits per heavy atom. The molecule has 16 heavy (non-hydrogen) atoms. The minimum Gasteiger partial charge on any atom is -0.481 e. The molecule has 0 spiro atoms. The van der Waals surface area contributed by atoms with Crippen LogP contribution in [-0.4, -0.2) is 21.8 Å². The molecule has 0 saturated heterocycles. The van der Waals surface area contributed by atoms with Gasteiger partial charge in [-0.15, -0.1) is 11.8 Å². The Balaban J connectivity index is 2.68. The minimum absolute atomic E-state index is 0.0258. The molecule has 0 aliphatic carbocycles. The van der Waals surface area contributed by atoms with Gasteiger partial charge in [0, 0.05) is 22.8 Å². The van der Waals surface area contributed by atoms with Gasteiger partial charge < -0.3 is 5.11 Å². The second-order valence-electron chi connectivity index (χ2n) is 2.86. The van der Waals surface area contributed by atoms with E-state index in [0.29, 0.717) is 10.6 Å². The predicted molar refractivity (Wildman–Crippen MR) is 61.1 cm³/mol. The van der Waals surface area contributed by atoms with E-state index in [1.165, 1.54) is 30.0 Å². The number of hydrogen-bond donors (Lipinski definition) is 1. The average Bonchev–Trinajstić information content (AvgIpc) is 2.19. The van der Waals surface area contributed by atoms with E-state index < -0.39 is 10.9 Å². The smallest absolute Gasteiger partial charge is 0.304 e. The number of non-ortho nitro benzene ring substituents is 1. The van der Waals surface area contributed by atoms with Crippen LogP contribution in [0.4, 0.5) is 5.69 Å². The maximum Gasteiger partial charge on any atom is 0.304 e. The number of halogens is 1. The number of nitro benzene ring substituents is 1. The summed E-state index contributed by atoms with van der Waals surface area (Å²) in [4.78, 5) is 20.8. The largest absolute Gasteiger partial charge is 0.481 e. The standard InChI is InChI=1S/C9H8ClNO4S/c10-7-5-6(11(14)15)1-2-8(7)16-4-3-9(12)13/h1-2,5H,3-4H2,(H,12,13). The molecule has 0 bridgehead atoms. The second-order valence-corrected chi connectivity index (χ2v) is 4.41. The van der Waals surface area contributed by atoms with Gasteiger partial charge in [-0.3, -0.25) is 14.9 Å². The van der Waals surface area contributed by atoms with Gasteiger partial charge in [0.15, 0.2) is 0 Å². The lowest BCUT2D eigenvalue weighted by molar-refractivity contribution is -0.384. The molecular weight excluding hydrogens is 254 g/mol. The van der Waals surface area contributed by atoms with Gasteiger partial charge in [0.2, 0.25) is 0 Å². The lowest BCUT2D eigenvalue weighted by Gasteiger charge is -2.02. The lowest BCUT2D eigenvalue weighted by atomic mass is 10.3. The van der Waals surface area contributed by atoms with Gasteiger partial charge >= 0.3 is 5.97 Å². The van der Waals surface area contributed by atoms with E-state index in [0.717, 1.165) is 0 Å². The van der Waals surface area contributed by atoms with Crippen LogP contribution < -0.4 is 0 Å². The Labute approximate surface area is 101 Å². The third-order valence-corrected chi connectivity index (χ3v) is 3.20. The maximum atomic E-state index is 10.4. The molecule has 0 aromatic heterocycles. The molecule has 0 radical (unpaired) electrons. The van der Waals surface area contributed by atoms with Crippen molar-refractivity contribution < 1.29 is 14.8 Å². The fourth-order valence-corrected chi connectivity index (χ4v) is 2.16. The van der Waals surface area contributed by atoms with E-state index in [2.05, 4.69) is 0 Å². The van der Waals surface area contributed by atoms with E-state index in [9.17, 15) is 14.9 Å². The molecule has 1 rings (SSSR count). The van der Waals surface area contributed by atoms with E-state index in [1.54, 1.807) is 0 Å². The van der Waals surface area contributed by atoms with Crippen LogP contribution in [0, 0.1) is 10.1 Å². The molecule has 86 valence electrons. The highest BCUT2D eigenvalue weighted by atomic mass is 35.5. The number of benzene rings is 1. The summed E-state index contributed by atoms with van der Waals surface area (Å²) in [7, 11) is 0. The molecule has 0 aliphatic heterocycles. The zero-order chi connectivity index (χ0) is 12.1. The lowest BCUT2D eigenvalue weighted by Crippen LogP contribution is -1.96. The first kappa shape index (κ1) is 12.8. The van der Waals surface area contributed by atoms with Crippen molar-refractivity contribution in [1.82, 2.24) is 0 Å². The molecule has 0 aliphatic rings. The number of thioether (sulfide) groups is 1. The normalized spacial score (nSPS) is 10.1. The molecular formula is C9H8ClNO4S. The SMILES string of the molecule is O=C(O)CCSc1ccc([N+](=O)[O-])cc1Cl. The number of rotatable bonds is 5. The number of nitrogens with zero attached hydrogens (tertiary/aromatic N) is 1. The summed E-state index contributed by atoms with van der Waals surface area (Å²) >= 11 is 7.08. The highest BCUT2D eigenvalue weighted by molar-refractivity contribution is 7.99. The summed E-state index contributed by atoms with van der Waals surface area (Å²) in [5.74, 6) is -0.502. The average molecular weight is 262 g/mol. The van der Waals surface area contributed by atoms with Gasteiger partial charge in [-0.1, -0.05) is 11.6 Å². The van der Waals surface area contributed by atoms with Gasteiger partial charge in [0.1, 0.15) is 0 Å². The molecule has 5 nitrogen and oxygen atoms in total. The molecule has 0 saturated carbocycles. The van der Waals surface area contributed by atoms with Crippen LogP contribution >= 0.6 is 23.4 Å². The van der Waals surface area contributed by atoms with Crippen molar-refractivity contribution in [2.75, 3.05) is 5.75 Å². The summed E-state index contributed by atoms with van der Waals surface area (Å²) in [6.07, 6.45) is 0.0258. The Morgan fingerprint density at radius 2 is 2.25 bits per heavy atom. The molecule has 0 fully saturated rings. The van der Waals surface area contributed by atoms with Crippen molar-refractivity contribution in [2.45, 2.75) is 11.3 Å². The first-order valence-corrected chi connectivity index (χ1v) is 5.65. The van der Waals surface area contributed by atoms with Gasteiger partial charge in [-0.25, -0.2) is 0 Å². The number of carboxylic acids is 1. The van der Waals surface area contributed by atoms with E-state index >= 15 is 0 Å². The highest BCUT2D eigenvalue weighted by Gasteiger charge is 2.09. The Bertz CT molecular complexity index is 424. The third kappa shape index (κ3) is 3.71. The first-order chi connectivity index (χ1) is 7.50. The summed E-state index contributed by atoms with van der Waals surface area (Å²) in [5, 5.41) is 19.1. The van der Waals surface area contributed by atoms with Crippen molar-refractivity contribution >= 4 is 35.0 Å². The van der Waals surface area contributed by atoms with Crippen molar-refractivity contribution in [3.8, 4) is 0 Å². The van der Waals surface area contributed by atoms with E-state index in [4.69, 9.17) is 16.7 Å². The van der Waals surface area contributed by atoms with E-state index in [1.807, 2.05) is 0 Å². The van der Waals surface area contributed by atoms with Gasteiger partial charge in [-0.05, 0) is 6.07 Å². The zero-order valence-electron chi connectivity index (χ0n) is 8.05. The highest BCUT2D eigenvalue weighted by Crippen LogP contribution is 2.30. The molecule has 1 aromatic carbocycles. The fourth-order valence-electron chi connectivity index (χ4n) is 0.969. The number of carbonyl (C=O) groups is 1. The Kier molecular flexibility index (Phi) is 4.57. The van der Waals surface area contributed by atoms with Crippen LogP contribution in [0.2, 0.25) is 5.02 Å². The van der Waals surface area contributed by atoms with Gasteiger partial charge in [0.25, 0.3) is 5.69 Å². The Morgan fingerprint density at radius 3 is 2.75 bits per heavy atom. The number of nitro groups is 1. The van der Waals surface area contributed by atoms with Gasteiger partial charge in [0.05, 0.1) is 16.4 Å². The van der Waals surface area contributed by atoms with Crippen molar-refractivity contribution in [3.05, 3.63) is 33.3 Å². The van der Waals surface area contributed by atoms with Crippen LogP contribution in [0.1, 0.15) is 6.42 Å². The van der Waals surface area contributed by atoms with Crippen LogP contribution in [0.3, 0.4) is 0 Å². The van der Waals surface area contributed by atoms with E-state index in [-0.39, 0.29) is 17.1 Å². The number of aliphatic carboxylic acids is 1. The first-order valence-electron chi connectivity index (χ1n) is 4.29. The van der Waals surface area contributed by atoms with Crippen molar-refractivity contribution in [3.63, 3.8) is 0 Å². The zero-order valence-corrected chi connectivity index (χ0v) is 9.62. The number of carboxylic acid groups (broad SMARTS) is 1. The molecule has 0 atom stereocenters. The molecule has 0 unspecified atom stereocenters. The fraction of sp³-hybridized carbons (Fsp3) is 0.222. The second kappa shape index (κ2) is 5.72. The summed E-state index contributed by atoms with van der Waals surface area (Å²) in [6.45, 7) is 0. The predicted octanol–water partition coefficient (Wildman–Crippen LogP) is 2.82. The maximum absolute atomic E-state index is 10.4. The summed E-state index contributed by atoms with van der Waals surface area (Å²) in [6, 6.07) is 4.12. The quantitative estimate of drug-likeness (QED) is 0.501. The van der Waals surface area contributed by atoms with Crippen LogP contribution in [0.15, 0.2) is 23.1 Å². The molecule has 1 aromatic rings. The van der Waals surface area contributed by atoms with Gasteiger partial charge in [-0.2, -0.15) is 0 Å². The third-order valence-electron chi connectivity index (χ3n) is 1.70. The summed E-state index contributed by atoms with van der Waals surface area (Å²) < 4.78 is 0. The monoisotopic (exact) mass is 261 g/mol. The molecule has 7 heteroatoms. The summed E-state index contributed by atoms with van der Waals surface area (Å²) in [5.41, 5.74) is -0.0763. The molecule has 1 N–H and O–H groups in total. The van der Waals surface area contributed by atoms with Crippen molar-refractivity contribution in [1.29, 1.82) is 0 Å². The minimum atomic E-state index is -0.884. The van der Waals surface area contributed by atoms with Crippen molar-refractivity contribution in [2.24, 2.45) is 0 Å². The molecule has 0 heterocycles. The van der Waals surface area contributed by atoms with Crippen LogP contribution in [0.25, 0.3) is 0 Å². The number of hydrogen-bond acceptors (Lipinski definition) is 4. The Hall–Kier alpha value is -1.27. The van der Waals surface area contributed by atoms with Crippen LogP contribution in [-0.2, 0) is 4.79 Å². The molecule has 0 amide bonds. The topological polar surface area (TPSA) is 80.4 Å².